The van der Waals surface area contributed by atoms with Gasteiger partial charge in [0.1, 0.15) is 0 Å². The van der Waals surface area contributed by atoms with Crippen molar-refractivity contribution in [3.05, 3.63) is 23.3 Å². The summed E-state index contributed by atoms with van der Waals surface area (Å²) in [5, 5.41) is 19.5. The number of hydrogen-bond acceptors (Lipinski definition) is 2. The van der Waals surface area contributed by atoms with Crippen molar-refractivity contribution in [2.75, 3.05) is 6.61 Å². The second-order valence-corrected chi connectivity index (χ2v) is 8.62. The van der Waals surface area contributed by atoms with E-state index >= 15 is 0 Å². The molecule has 2 heteroatoms. The molecule has 2 rings (SSSR count). The van der Waals surface area contributed by atoms with Gasteiger partial charge in [-0.3, -0.25) is 0 Å². The standard InChI is InChI=1S/C20H34O2/c1-14(10-11-21)6-8-17-15(2)7-9-18-19(3,4)12-16(22)13-20(17,18)5/h7,10,16-18,21-22H,6,8-9,11-13H2,1-5H3/b14-10+/t16-,17-,18-,20-/m1/s1. The largest absolute Gasteiger partial charge is 0.393 e. The molecule has 0 radical (unpaired) electrons. The summed E-state index contributed by atoms with van der Waals surface area (Å²) < 4.78 is 0. The lowest BCUT2D eigenvalue weighted by Crippen LogP contribution is -2.52. The SMILES string of the molecule is CC1=CC[C@@H]2C(C)(C)C[C@@H](O)C[C@]2(C)[C@@H]1CC/C(C)=C/CO. The molecule has 0 aromatic carbocycles. The second-order valence-electron chi connectivity index (χ2n) is 8.62. The fraction of sp³-hybridized carbons (Fsp3) is 0.800. The zero-order valence-electron chi connectivity index (χ0n) is 15.0. The van der Waals surface area contributed by atoms with E-state index in [1.54, 1.807) is 0 Å². The van der Waals surface area contributed by atoms with Gasteiger partial charge in [-0.1, -0.05) is 44.1 Å². The van der Waals surface area contributed by atoms with Crippen LogP contribution in [0.25, 0.3) is 0 Å². The number of rotatable bonds is 4. The lowest BCUT2D eigenvalue weighted by molar-refractivity contribution is -0.0952. The molecule has 0 aliphatic heterocycles. The number of hydrogen-bond donors (Lipinski definition) is 2. The minimum Gasteiger partial charge on any atom is -0.393 e. The average Bonchev–Trinajstić information content (AvgIpc) is 2.35. The van der Waals surface area contributed by atoms with Gasteiger partial charge in [-0.15, -0.1) is 0 Å². The molecular weight excluding hydrogens is 272 g/mol. The maximum Gasteiger partial charge on any atom is 0.0614 e. The van der Waals surface area contributed by atoms with Crippen molar-refractivity contribution in [2.24, 2.45) is 22.7 Å². The number of aliphatic hydroxyl groups excluding tert-OH is 2. The zero-order valence-corrected chi connectivity index (χ0v) is 15.0. The Morgan fingerprint density at radius 3 is 2.64 bits per heavy atom. The molecule has 0 unspecified atom stereocenters. The second kappa shape index (κ2) is 6.49. The maximum atomic E-state index is 10.5. The maximum absolute atomic E-state index is 10.5. The van der Waals surface area contributed by atoms with Crippen LogP contribution >= 0.6 is 0 Å². The molecule has 2 aliphatic rings. The lowest BCUT2D eigenvalue weighted by Gasteiger charge is -2.58. The molecule has 4 atom stereocenters. The van der Waals surface area contributed by atoms with Crippen molar-refractivity contribution in [2.45, 2.75) is 72.8 Å². The predicted molar refractivity (Wildman–Crippen MR) is 92.6 cm³/mol. The van der Waals surface area contributed by atoms with Crippen molar-refractivity contribution in [1.82, 2.24) is 0 Å². The van der Waals surface area contributed by atoms with E-state index in [0.717, 1.165) is 32.1 Å². The third-order valence-electron chi connectivity index (χ3n) is 6.46. The van der Waals surface area contributed by atoms with Crippen LogP contribution in [0.2, 0.25) is 0 Å². The Kier molecular flexibility index (Phi) is 5.23. The van der Waals surface area contributed by atoms with Crippen LogP contribution in [0.1, 0.15) is 66.7 Å². The first-order valence-electron chi connectivity index (χ1n) is 8.82. The average molecular weight is 306 g/mol. The van der Waals surface area contributed by atoms with Gasteiger partial charge < -0.3 is 10.2 Å². The summed E-state index contributed by atoms with van der Waals surface area (Å²) in [6, 6.07) is 0. The highest BCUT2D eigenvalue weighted by Crippen LogP contribution is 2.60. The zero-order chi connectivity index (χ0) is 16.5. The fourth-order valence-electron chi connectivity index (χ4n) is 5.49. The van der Waals surface area contributed by atoms with Crippen LogP contribution in [0, 0.1) is 22.7 Å². The van der Waals surface area contributed by atoms with Crippen LogP contribution in [0.3, 0.4) is 0 Å². The third kappa shape index (κ3) is 3.33. The van der Waals surface area contributed by atoms with Gasteiger partial charge in [0.05, 0.1) is 12.7 Å². The first kappa shape index (κ1) is 17.7. The normalized spacial score (nSPS) is 38.4. The van der Waals surface area contributed by atoms with Gasteiger partial charge in [-0.25, -0.2) is 0 Å². The smallest absolute Gasteiger partial charge is 0.0614 e. The molecule has 0 saturated heterocycles. The summed E-state index contributed by atoms with van der Waals surface area (Å²) in [5.41, 5.74) is 3.18. The van der Waals surface area contributed by atoms with Crippen molar-refractivity contribution in [3.63, 3.8) is 0 Å². The van der Waals surface area contributed by atoms with Gasteiger partial charge in [-0.2, -0.15) is 0 Å². The van der Waals surface area contributed by atoms with Gasteiger partial charge in [0.25, 0.3) is 0 Å². The van der Waals surface area contributed by atoms with Gasteiger partial charge in [-0.05, 0) is 68.6 Å². The molecule has 0 bridgehead atoms. The molecule has 0 aromatic heterocycles. The Balaban J connectivity index is 2.25. The van der Waals surface area contributed by atoms with Crippen molar-refractivity contribution >= 4 is 0 Å². The van der Waals surface area contributed by atoms with Crippen LogP contribution in [-0.2, 0) is 0 Å². The van der Waals surface area contributed by atoms with E-state index in [1.165, 1.54) is 11.1 Å². The minimum atomic E-state index is -0.168. The van der Waals surface area contributed by atoms with E-state index in [2.05, 4.69) is 40.7 Å². The van der Waals surface area contributed by atoms with E-state index in [0.29, 0.717) is 11.8 Å². The fourth-order valence-corrected chi connectivity index (χ4v) is 5.49. The first-order chi connectivity index (χ1) is 10.2. The molecule has 126 valence electrons. The Morgan fingerprint density at radius 2 is 2.00 bits per heavy atom. The molecule has 1 saturated carbocycles. The van der Waals surface area contributed by atoms with Crippen LogP contribution in [0.4, 0.5) is 0 Å². The molecule has 2 aliphatic carbocycles. The molecule has 22 heavy (non-hydrogen) atoms. The predicted octanol–water partition coefficient (Wildman–Crippen LogP) is 4.47. The monoisotopic (exact) mass is 306 g/mol. The minimum absolute atomic E-state index is 0.136. The molecule has 0 amide bonds. The summed E-state index contributed by atoms with van der Waals surface area (Å²) >= 11 is 0. The summed E-state index contributed by atoms with van der Waals surface area (Å²) in [5.74, 6) is 1.20. The quantitative estimate of drug-likeness (QED) is 0.752. The highest BCUT2D eigenvalue weighted by atomic mass is 16.3. The molecule has 2 N–H and O–H groups in total. The van der Waals surface area contributed by atoms with Crippen LogP contribution in [0.5, 0.6) is 0 Å². The number of fused-ring (bicyclic) bond motifs is 1. The van der Waals surface area contributed by atoms with Gasteiger partial charge >= 0.3 is 0 Å². The number of allylic oxidation sites excluding steroid dienone is 3. The van der Waals surface area contributed by atoms with E-state index in [4.69, 9.17) is 5.11 Å². The molecule has 2 nitrogen and oxygen atoms in total. The third-order valence-corrected chi connectivity index (χ3v) is 6.46. The van der Waals surface area contributed by atoms with E-state index in [1.807, 2.05) is 6.08 Å². The Bertz CT molecular complexity index is 460. The van der Waals surface area contributed by atoms with E-state index in [-0.39, 0.29) is 23.5 Å². The first-order valence-corrected chi connectivity index (χ1v) is 8.82. The Morgan fingerprint density at radius 1 is 1.32 bits per heavy atom. The van der Waals surface area contributed by atoms with Gasteiger partial charge in [0.15, 0.2) is 0 Å². The van der Waals surface area contributed by atoms with Crippen molar-refractivity contribution in [3.8, 4) is 0 Å². The summed E-state index contributed by atoms with van der Waals surface area (Å²) in [7, 11) is 0. The summed E-state index contributed by atoms with van der Waals surface area (Å²) in [4.78, 5) is 0. The van der Waals surface area contributed by atoms with Gasteiger partial charge in [0.2, 0.25) is 0 Å². The topological polar surface area (TPSA) is 40.5 Å². The van der Waals surface area contributed by atoms with Crippen molar-refractivity contribution < 1.29 is 10.2 Å². The van der Waals surface area contributed by atoms with Crippen molar-refractivity contribution in [1.29, 1.82) is 0 Å². The highest BCUT2D eigenvalue weighted by Gasteiger charge is 2.53. The van der Waals surface area contributed by atoms with Crippen LogP contribution in [0.15, 0.2) is 23.3 Å². The Labute approximate surface area is 136 Å². The number of aliphatic hydroxyl groups is 2. The summed E-state index contributed by atoms with van der Waals surface area (Å²) in [6.07, 6.45) is 9.37. The molecule has 0 spiro atoms. The molecule has 0 aromatic rings. The lowest BCUT2D eigenvalue weighted by atomic mass is 9.47. The van der Waals surface area contributed by atoms with Crippen LogP contribution in [-0.4, -0.2) is 22.9 Å². The molecule has 0 heterocycles. The van der Waals surface area contributed by atoms with Gasteiger partial charge in [0, 0.05) is 0 Å². The summed E-state index contributed by atoms with van der Waals surface area (Å²) in [6.45, 7) is 11.6. The molecular formula is C20H34O2. The van der Waals surface area contributed by atoms with E-state index in [9.17, 15) is 5.11 Å². The highest BCUT2D eigenvalue weighted by molar-refractivity contribution is 5.19. The molecule has 1 fully saturated rings. The Hall–Kier alpha value is -0.600. The van der Waals surface area contributed by atoms with E-state index < -0.39 is 0 Å². The van der Waals surface area contributed by atoms with Crippen LogP contribution < -0.4 is 0 Å².